The molecule has 3 heterocycles. The molecule has 7 heteroatoms. The Morgan fingerprint density at radius 3 is 2.32 bits per heavy atom. The highest BCUT2D eigenvalue weighted by Crippen LogP contribution is 2.24. The van der Waals surface area contributed by atoms with Gasteiger partial charge in [0.15, 0.2) is 5.65 Å². The number of hydrogen-bond acceptors (Lipinski definition) is 4. The van der Waals surface area contributed by atoms with Crippen LogP contribution in [0.5, 0.6) is 0 Å². The van der Waals surface area contributed by atoms with E-state index in [4.69, 9.17) is 5.10 Å². The van der Waals surface area contributed by atoms with Gasteiger partial charge in [0.05, 0.1) is 18.1 Å². The van der Waals surface area contributed by atoms with E-state index in [1.807, 2.05) is 78.5 Å². The number of nitrogens with zero attached hydrogens (tertiary/aromatic N) is 6. The average molecular weight is 410 g/mol. The maximum atomic E-state index is 12.6. The van der Waals surface area contributed by atoms with Crippen molar-refractivity contribution in [2.75, 3.05) is 7.05 Å². The van der Waals surface area contributed by atoms with Crippen LogP contribution in [0, 0.1) is 0 Å². The second kappa shape index (κ2) is 8.04. The molecule has 0 aliphatic carbocycles. The fraction of sp³-hybridized carbons (Fsp3) is 0.125. The lowest BCUT2D eigenvalue weighted by atomic mass is 10.1. The highest BCUT2D eigenvalue weighted by atomic mass is 16.2. The number of aromatic nitrogens is 5. The summed E-state index contributed by atoms with van der Waals surface area (Å²) in [5.41, 5.74) is 4.57. The van der Waals surface area contributed by atoms with Crippen molar-refractivity contribution in [2.24, 2.45) is 0 Å². The van der Waals surface area contributed by atoms with E-state index in [1.165, 1.54) is 4.68 Å². The number of rotatable bonds is 6. The molecule has 0 aliphatic rings. The van der Waals surface area contributed by atoms with E-state index in [0.29, 0.717) is 18.9 Å². The van der Waals surface area contributed by atoms with Gasteiger partial charge in [-0.3, -0.25) is 9.30 Å². The zero-order valence-electron chi connectivity index (χ0n) is 17.2. The molecular weight excluding hydrogens is 388 g/mol. The molecule has 0 spiro atoms. The summed E-state index contributed by atoms with van der Waals surface area (Å²) in [6.07, 6.45) is 3.79. The summed E-state index contributed by atoms with van der Waals surface area (Å²) in [5, 5.41) is 9.30. The van der Waals surface area contributed by atoms with Gasteiger partial charge < -0.3 is 0 Å². The molecule has 0 aliphatic heterocycles. The Labute approximate surface area is 179 Å². The predicted octanol–water partition coefficient (Wildman–Crippen LogP) is 3.44. The van der Waals surface area contributed by atoms with Gasteiger partial charge in [-0.25, -0.2) is 9.48 Å². The van der Waals surface area contributed by atoms with Crippen LogP contribution in [0.3, 0.4) is 0 Å². The van der Waals surface area contributed by atoms with E-state index in [9.17, 15) is 4.79 Å². The van der Waals surface area contributed by atoms with E-state index in [2.05, 4.69) is 28.3 Å². The molecule has 0 unspecified atom stereocenters. The molecular formula is C24H22N6O. The van der Waals surface area contributed by atoms with Crippen LogP contribution in [0.2, 0.25) is 0 Å². The summed E-state index contributed by atoms with van der Waals surface area (Å²) in [5.74, 6) is 0. The van der Waals surface area contributed by atoms with Gasteiger partial charge in [-0.2, -0.15) is 9.78 Å². The van der Waals surface area contributed by atoms with Crippen LogP contribution < -0.4 is 5.69 Å². The summed E-state index contributed by atoms with van der Waals surface area (Å²) in [7, 11) is 1.98. The fourth-order valence-corrected chi connectivity index (χ4v) is 3.71. The molecule has 0 saturated heterocycles. The van der Waals surface area contributed by atoms with Crippen LogP contribution in [0.15, 0.2) is 96.1 Å². The smallest absolute Gasteiger partial charge is 0.283 e. The van der Waals surface area contributed by atoms with Gasteiger partial charge >= 0.3 is 5.69 Å². The lowest BCUT2D eigenvalue weighted by Gasteiger charge is -2.15. The standard InChI is InChI=1S/C24H22N6O/c1-27(18-30-24(31)28-15-9-8-14-22(28)25-30)16-20-17-29(21-12-6-3-7-13-21)26-23(20)19-10-4-2-5-11-19/h2-15,17H,16,18H2,1H3. The molecule has 0 fully saturated rings. The zero-order chi connectivity index (χ0) is 21.2. The van der Waals surface area contributed by atoms with Crippen LogP contribution in [0.4, 0.5) is 0 Å². The first kappa shape index (κ1) is 19.0. The lowest BCUT2D eigenvalue weighted by molar-refractivity contribution is 0.242. The summed E-state index contributed by atoms with van der Waals surface area (Å²) in [4.78, 5) is 14.7. The Balaban J connectivity index is 1.46. The first-order valence-corrected chi connectivity index (χ1v) is 10.1. The van der Waals surface area contributed by atoms with Crippen LogP contribution in [0.25, 0.3) is 22.6 Å². The summed E-state index contributed by atoms with van der Waals surface area (Å²) >= 11 is 0. The van der Waals surface area contributed by atoms with Crippen molar-refractivity contribution in [3.8, 4) is 16.9 Å². The maximum absolute atomic E-state index is 12.6. The lowest BCUT2D eigenvalue weighted by Crippen LogP contribution is -2.30. The van der Waals surface area contributed by atoms with Crippen molar-refractivity contribution >= 4 is 5.65 Å². The normalized spacial score (nSPS) is 11.4. The number of para-hydroxylation sites is 1. The number of fused-ring (bicyclic) bond motifs is 1. The maximum Gasteiger partial charge on any atom is 0.351 e. The molecule has 0 bridgehead atoms. The SMILES string of the molecule is CN(Cc1cn(-c2ccccc2)nc1-c1ccccc1)Cn1nc2ccccn2c1=O. The van der Waals surface area contributed by atoms with Crippen LogP contribution in [-0.4, -0.2) is 35.9 Å². The molecule has 154 valence electrons. The first-order chi connectivity index (χ1) is 15.2. The van der Waals surface area contributed by atoms with Crippen LogP contribution >= 0.6 is 0 Å². The van der Waals surface area contributed by atoms with E-state index < -0.39 is 0 Å². The topological polar surface area (TPSA) is 60.4 Å². The number of pyridine rings is 1. The molecule has 2 aromatic carbocycles. The van der Waals surface area contributed by atoms with Crippen molar-refractivity contribution < 1.29 is 0 Å². The summed E-state index contributed by atoms with van der Waals surface area (Å²) in [6.45, 7) is 1.00. The monoisotopic (exact) mass is 410 g/mol. The Bertz CT molecular complexity index is 1370. The molecule has 31 heavy (non-hydrogen) atoms. The number of hydrogen-bond donors (Lipinski definition) is 0. The highest BCUT2D eigenvalue weighted by molar-refractivity contribution is 5.63. The van der Waals surface area contributed by atoms with E-state index >= 15 is 0 Å². The van der Waals surface area contributed by atoms with Gasteiger partial charge in [-0.05, 0) is 31.3 Å². The molecule has 5 aromatic rings. The molecule has 0 atom stereocenters. The van der Waals surface area contributed by atoms with Gasteiger partial charge in [-0.15, -0.1) is 5.10 Å². The van der Waals surface area contributed by atoms with Crippen molar-refractivity contribution in [3.63, 3.8) is 0 Å². The molecule has 7 nitrogen and oxygen atoms in total. The van der Waals surface area contributed by atoms with Crippen LogP contribution in [0.1, 0.15) is 5.56 Å². The minimum atomic E-state index is -0.147. The minimum Gasteiger partial charge on any atom is -0.283 e. The second-order valence-corrected chi connectivity index (χ2v) is 7.52. The van der Waals surface area contributed by atoms with E-state index in [1.54, 1.807) is 10.6 Å². The van der Waals surface area contributed by atoms with Crippen molar-refractivity contribution in [2.45, 2.75) is 13.2 Å². The summed E-state index contributed by atoms with van der Waals surface area (Å²) < 4.78 is 4.94. The van der Waals surface area contributed by atoms with Gasteiger partial charge in [0.25, 0.3) is 0 Å². The summed E-state index contributed by atoms with van der Waals surface area (Å²) in [6, 6.07) is 25.7. The highest BCUT2D eigenvalue weighted by Gasteiger charge is 2.15. The second-order valence-electron chi connectivity index (χ2n) is 7.52. The third-order valence-electron chi connectivity index (χ3n) is 5.16. The molecule has 0 amide bonds. The Hall–Kier alpha value is -3.97. The Kier molecular flexibility index (Phi) is 4.93. The minimum absolute atomic E-state index is 0.147. The van der Waals surface area contributed by atoms with Crippen LogP contribution in [-0.2, 0) is 13.2 Å². The Morgan fingerprint density at radius 1 is 0.871 bits per heavy atom. The quantitative estimate of drug-likeness (QED) is 0.430. The molecule has 3 aromatic heterocycles. The largest absolute Gasteiger partial charge is 0.351 e. The third-order valence-corrected chi connectivity index (χ3v) is 5.16. The van der Waals surface area contributed by atoms with Crippen molar-refractivity contribution in [1.29, 1.82) is 0 Å². The molecule has 5 rings (SSSR count). The first-order valence-electron chi connectivity index (χ1n) is 10.1. The third kappa shape index (κ3) is 3.78. The van der Waals surface area contributed by atoms with E-state index in [0.717, 1.165) is 22.5 Å². The zero-order valence-corrected chi connectivity index (χ0v) is 17.2. The Morgan fingerprint density at radius 2 is 1.58 bits per heavy atom. The number of benzene rings is 2. The van der Waals surface area contributed by atoms with Crippen molar-refractivity contribution in [3.05, 3.63) is 107 Å². The fourth-order valence-electron chi connectivity index (χ4n) is 3.71. The predicted molar refractivity (Wildman–Crippen MR) is 120 cm³/mol. The molecule has 0 N–H and O–H groups in total. The molecule has 0 radical (unpaired) electrons. The van der Waals surface area contributed by atoms with Gasteiger partial charge in [0, 0.05) is 30.1 Å². The average Bonchev–Trinajstić information content (AvgIpc) is 3.36. The molecule has 0 saturated carbocycles. The van der Waals surface area contributed by atoms with Gasteiger partial charge in [0.2, 0.25) is 0 Å². The van der Waals surface area contributed by atoms with Gasteiger partial charge in [0.1, 0.15) is 0 Å². The van der Waals surface area contributed by atoms with Gasteiger partial charge in [-0.1, -0.05) is 54.6 Å². The van der Waals surface area contributed by atoms with Crippen molar-refractivity contribution in [1.82, 2.24) is 28.9 Å². The van der Waals surface area contributed by atoms with E-state index in [-0.39, 0.29) is 5.69 Å².